The number of hydrogen-bond donors (Lipinski definition) is 1. The summed E-state index contributed by atoms with van der Waals surface area (Å²) in [7, 11) is -2.89. The third kappa shape index (κ3) is 4.20. The Hall–Kier alpha value is -1.67. The normalized spacial score (nSPS) is 14.7. The van der Waals surface area contributed by atoms with Gasteiger partial charge in [0.05, 0.1) is 17.8 Å². The van der Waals surface area contributed by atoms with Gasteiger partial charge in [-0.05, 0) is 30.5 Å². The summed E-state index contributed by atoms with van der Waals surface area (Å²) in [5.74, 6) is -0.543. The standard InChI is InChI=1S/C15H17F3N2O2S/c1-10-4-3-5-11(2)13(10)14(21)12-8-20(9-19-12)6-7-23(22)15(16,17)18/h3-5,8-9,14,21H,6-7H2,1-2H3. The van der Waals surface area contributed by atoms with Gasteiger partial charge < -0.3 is 9.67 Å². The first-order valence-electron chi connectivity index (χ1n) is 6.91. The van der Waals surface area contributed by atoms with E-state index in [0.717, 1.165) is 16.7 Å². The number of halogens is 3. The van der Waals surface area contributed by atoms with Crippen LogP contribution in [-0.2, 0) is 17.3 Å². The Morgan fingerprint density at radius 3 is 2.48 bits per heavy atom. The van der Waals surface area contributed by atoms with Crippen LogP contribution in [-0.4, -0.2) is 30.1 Å². The molecule has 0 saturated heterocycles. The average Bonchev–Trinajstić information content (AvgIpc) is 2.92. The van der Waals surface area contributed by atoms with Crippen LogP contribution in [0, 0.1) is 13.8 Å². The number of aliphatic hydroxyl groups excluding tert-OH is 1. The Balaban J connectivity index is 2.12. The van der Waals surface area contributed by atoms with E-state index in [-0.39, 0.29) is 6.54 Å². The van der Waals surface area contributed by atoms with Crippen LogP contribution < -0.4 is 0 Å². The maximum atomic E-state index is 12.2. The van der Waals surface area contributed by atoms with Gasteiger partial charge in [-0.3, -0.25) is 4.21 Å². The molecule has 23 heavy (non-hydrogen) atoms. The molecule has 2 atom stereocenters. The van der Waals surface area contributed by atoms with Crippen LogP contribution in [0.3, 0.4) is 0 Å². The molecule has 4 nitrogen and oxygen atoms in total. The minimum Gasteiger partial charge on any atom is -0.382 e. The largest absolute Gasteiger partial charge is 0.471 e. The van der Waals surface area contributed by atoms with E-state index in [4.69, 9.17) is 0 Å². The molecular formula is C15H17F3N2O2S. The maximum Gasteiger partial charge on any atom is 0.471 e. The lowest BCUT2D eigenvalue weighted by Gasteiger charge is -2.14. The number of aryl methyl sites for hydroxylation is 3. The number of rotatable bonds is 5. The van der Waals surface area contributed by atoms with Crippen LogP contribution in [0.15, 0.2) is 30.7 Å². The lowest BCUT2D eigenvalue weighted by atomic mass is 9.96. The Labute approximate surface area is 134 Å². The Bertz CT molecular complexity index is 693. The molecule has 1 aromatic carbocycles. The molecular weight excluding hydrogens is 329 g/mol. The molecule has 0 aliphatic rings. The number of aliphatic hydroxyl groups is 1. The highest BCUT2D eigenvalue weighted by molar-refractivity contribution is 7.85. The van der Waals surface area contributed by atoms with Gasteiger partial charge in [0.25, 0.3) is 0 Å². The summed E-state index contributed by atoms with van der Waals surface area (Å²) in [6, 6.07) is 5.62. The van der Waals surface area contributed by atoms with Crippen molar-refractivity contribution < 1.29 is 22.5 Å². The molecule has 0 aliphatic carbocycles. The summed E-state index contributed by atoms with van der Waals surface area (Å²) in [6.07, 6.45) is 1.86. The van der Waals surface area contributed by atoms with E-state index < -0.39 is 28.2 Å². The Kier molecular flexibility index (Phi) is 5.26. The first kappa shape index (κ1) is 17.7. The molecule has 0 radical (unpaired) electrons. The fourth-order valence-corrected chi connectivity index (χ4v) is 2.96. The molecule has 126 valence electrons. The molecule has 1 N–H and O–H groups in total. The van der Waals surface area contributed by atoms with Gasteiger partial charge in [-0.1, -0.05) is 18.2 Å². The predicted molar refractivity (Wildman–Crippen MR) is 81.3 cm³/mol. The zero-order valence-electron chi connectivity index (χ0n) is 12.7. The lowest BCUT2D eigenvalue weighted by molar-refractivity contribution is -0.0384. The summed E-state index contributed by atoms with van der Waals surface area (Å²) >= 11 is 0. The van der Waals surface area contributed by atoms with Gasteiger partial charge in [0.1, 0.15) is 16.9 Å². The van der Waals surface area contributed by atoms with Crippen molar-refractivity contribution in [2.75, 3.05) is 5.75 Å². The second-order valence-electron chi connectivity index (χ2n) is 5.24. The minimum atomic E-state index is -4.71. The molecule has 2 unspecified atom stereocenters. The van der Waals surface area contributed by atoms with Crippen molar-refractivity contribution in [3.8, 4) is 0 Å². The second kappa shape index (κ2) is 6.84. The molecule has 0 amide bonds. The topological polar surface area (TPSA) is 55.1 Å². The van der Waals surface area contributed by atoms with E-state index in [0.29, 0.717) is 5.69 Å². The molecule has 1 aromatic heterocycles. The highest BCUT2D eigenvalue weighted by Gasteiger charge is 2.36. The zero-order valence-corrected chi connectivity index (χ0v) is 13.5. The summed E-state index contributed by atoms with van der Waals surface area (Å²) in [6.45, 7) is 3.66. The van der Waals surface area contributed by atoms with Gasteiger partial charge in [-0.2, -0.15) is 13.2 Å². The van der Waals surface area contributed by atoms with Crippen molar-refractivity contribution in [2.45, 2.75) is 32.0 Å². The van der Waals surface area contributed by atoms with Gasteiger partial charge in [0.2, 0.25) is 0 Å². The smallest absolute Gasteiger partial charge is 0.382 e. The molecule has 0 aliphatic heterocycles. The maximum absolute atomic E-state index is 12.2. The summed E-state index contributed by atoms with van der Waals surface area (Å²) in [4.78, 5) is 4.05. The SMILES string of the molecule is Cc1cccc(C)c1C(O)c1cn(CCS(=O)C(F)(F)F)cn1. The fourth-order valence-electron chi connectivity index (χ4n) is 2.35. The van der Waals surface area contributed by atoms with E-state index in [1.54, 1.807) is 0 Å². The van der Waals surface area contributed by atoms with Crippen LogP contribution in [0.2, 0.25) is 0 Å². The number of imidazole rings is 1. The molecule has 1 heterocycles. The van der Waals surface area contributed by atoms with Gasteiger partial charge >= 0.3 is 5.51 Å². The third-order valence-corrected chi connectivity index (χ3v) is 4.61. The quantitative estimate of drug-likeness (QED) is 0.906. The number of hydrogen-bond acceptors (Lipinski definition) is 3. The van der Waals surface area contributed by atoms with Gasteiger partial charge in [0, 0.05) is 12.7 Å². The molecule has 0 fully saturated rings. The number of benzene rings is 1. The third-order valence-electron chi connectivity index (χ3n) is 3.54. The molecule has 0 saturated carbocycles. The molecule has 2 aromatic rings. The van der Waals surface area contributed by atoms with Crippen LogP contribution >= 0.6 is 0 Å². The lowest BCUT2D eigenvalue weighted by Crippen LogP contribution is -2.21. The van der Waals surface area contributed by atoms with Crippen LogP contribution in [0.25, 0.3) is 0 Å². The first-order chi connectivity index (χ1) is 10.7. The summed E-state index contributed by atoms with van der Waals surface area (Å²) in [5.41, 5.74) is -1.81. The average molecular weight is 346 g/mol. The van der Waals surface area contributed by atoms with Gasteiger partial charge in [-0.25, -0.2) is 4.98 Å². The Morgan fingerprint density at radius 2 is 1.91 bits per heavy atom. The van der Waals surface area contributed by atoms with E-state index in [1.807, 2.05) is 32.0 Å². The second-order valence-corrected chi connectivity index (χ2v) is 6.80. The summed E-state index contributed by atoms with van der Waals surface area (Å²) < 4.78 is 49.1. The van der Waals surface area contributed by atoms with Gasteiger partial charge in [0.15, 0.2) is 0 Å². The van der Waals surface area contributed by atoms with Crippen molar-refractivity contribution in [2.24, 2.45) is 0 Å². The highest BCUT2D eigenvalue weighted by Crippen LogP contribution is 2.26. The molecule has 8 heteroatoms. The van der Waals surface area contributed by atoms with Crippen molar-refractivity contribution in [3.05, 3.63) is 53.1 Å². The molecule has 0 bridgehead atoms. The van der Waals surface area contributed by atoms with E-state index in [1.165, 1.54) is 17.1 Å². The van der Waals surface area contributed by atoms with Crippen LogP contribution in [0.5, 0.6) is 0 Å². The number of nitrogens with zero attached hydrogens (tertiary/aromatic N) is 2. The van der Waals surface area contributed by atoms with Crippen molar-refractivity contribution in [3.63, 3.8) is 0 Å². The van der Waals surface area contributed by atoms with Gasteiger partial charge in [-0.15, -0.1) is 0 Å². The minimum absolute atomic E-state index is 0.0847. The number of aromatic nitrogens is 2. The summed E-state index contributed by atoms with van der Waals surface area (Å²) in [5, 5.41) is 10.5. The molecule has 2 rings (SSSR count). The van der Waals surface area contributed by atoms with Crippen LogP contribution in [0.4, 0.5) is 13.2 Å². The molecule has 0 spiro atoms. The predicted octanol–water partition coefficient (Wildman–Crippen LogP) is 2.85. The first-order valence-corrected chi connectivity index (χ1v) is 8.23. The van der Waals surface area contributed by atoms with Crippen LogP contribution in [0.1, 0.15) is 28.5 Å². The fraction of sp³-hybridized carbons (Fsp3) is 0.400. The monoisotopic (exact) mass is 346 g/mol. The highest BCUT2D eigenvalue weighted by atomic mass is 32.2. The Morgan fingerprint density at radius 1 is 1.30 bits per heavy atom. The van der Waals surface area contributed by atoms with E-state index in [2.05, 4.69) is 4.98 Å². The van der Waals surface area contributed by atoms with E-state index in [9.17, 15) is 22.5 Å². The van der Waals surface area contributed by atoms with Crippen molar-refractivity contribution in [1.29, 1.82) is 0 Å². The van der Waals surface area contributed by atoms with E-state index >= 15 is 0 Å². The zero-order chi connectivity index (χ0) is 17.2. The van der Waals surface area contributed by atoms with Crippen molar-refractivity contribution >= 4 is 10.8 Å². The van der Waals surface area contributed by atoms with Crippen molar-refractivity contribution in [1.82, 2.24) is 9.55 Å². The number of alkyl halides is 3.